The summed E-state index contributed by atoms with van der Waals surface area (Å²) in [6, 6.07) is 10.1. The second kappa shape index (κ2) is 5.12. The van der Waals surface area contributed by atoms with Gasteiger partial charge in [-0.15, -0.1) is 0 Å². The van der Waals surface area contributed by atoms with Gasteiger partial charge in [-0.25, -0.2) is 0 Å². The Bertz CT molecular complexity index is 254. The Labute approximate surface area is 80.9 Å². The van der Waals surface area contributed by atoms with Gasteiger partial charge in [-0.2, -0.15) is 0 Å². The van der Waals surface area contributed by atoms with Crippen molar-refractivity contribution in [2.45, 2.75) is 6.42 Å². The second-order valence-electron chi connectivity index (χ2n) is 2.50. The Morgan fingerprint density at radius 2 is 2.00 bits per heavy atom. The van der Waals surface area contributed by atoms with Gasteiger partial charge in [-0.05, 0) is 16.1 Å². The third kappa shape index (κ3) is 3.20. The van der Waals surface area contributed by atoms with Crippen molar-refractivity contribution in [2.24, 2.45) is 0 Å². The maximum Gasteiger partial charge on any atom is 0.0623 e. The van der Waals surface area contributed by atoms with Crippen molar-refractivity contribution in [3.63, 3.8) is 0 Å². The highest BCUT2D eigenvalue weighted by Crippen LogP contribution is 2.12. The van der Waals surface area contributed by atoms with Gasteiger partial charge in [0.05, 0.1) is 6.61 Å². The molecule has 0 atom stereocenters. The SMILES string of the molecule is OCC=C(Br)Cc1ccccc1. The highest BCUT2D eigenvalue weighted by Gasteiger charge is 1.93. The predicted octanol–water partition coefficient (Wildman–Crippen LogP) is 2.50. The van der Waals surface area contributed by atoms with Crippen LogP contribution in [0.3, 0.4) is 0 Å². The molecule has 0 saturated carbocycles. The molecule has 0 amide bonds. The summed E-state index contributed by atoms with van der Waals surface area (Å²) in [4.78, 5) is 0. The lowest BCUT2D eigenvalue weighted by Crippen LogP contribution is -1.85. The van der Waals surface area contributed by atoms with Crippen LogP contribution in [0.15, 0.2) is 40.9 Å². The van der Waals surface area contributed by atoms with Crippen LogP contribution in [0.4, 0.5) is 0 Å². The van der Waals surface area contributed by atoms with Gasteiger partial charge < -0.3 is 5.11 Å². The van der Waals surface area contributed by atoms with Gasteiger partial charge in [0, 0.05) is 6.42 Å². The van der Waals surface area contributed by atoms with Gasteiger partial charge in [0.2, 0.25) is 0 Å². The van der Waals surface area contributed by atoms with Crippen molar-refractivity contribution in [2.75, 3.05) is 6.61 Å². The van der Waals surface area contributed by atoms with Crippen LogP contribution in [0.5, 0.6) is 0 Å². The van der Waals surface area contributed by atoms with E-state index < -0.39 is 0 Å². The Kier molecular flexibility index (Phi) is 4.05. The number of benzene rings is 1. The van der Waals surface area contributed by atoms with Gasteiger partial charge in [-0.1, -0.05) is 46.3 Å². The molecule has 2 heteroatoms. The molecule has 0 spiro atoms. The van der Waals surface area contributed by atoms with Crippen LogP contribution in [-0.4, -0.2) is 11.7 Å². The van der Waals surface area contributed by atoms with Gasteiger partial charge in [0.15, 0.2) is 0 Å². The monoisotopic (exact) mass is 226 g/mol. The molecule has 1 aromatic carbocycles. The van der Waals surface area contributed by atoms with E-state index >= 15 is 0 Å². The molecule has 12 heavy (non-hydrogen) atoms. The molecule has 0 saturated heterocycles. The van der Waals surface area contributed by atoms with Crippen LogP contribution in [-0.2, 0) is 6.42 Å². The third-order valence-corrected chi connectivity index (χ3v) is 2.13. The summed E-state index contributed by atoms with van der Waals surface area (Å²) in [7, 11) is 0. The Morgan fingerprint density at radius 3 is 2.58 bits per heavy atom. The number of halogens is 1. The van der Waals surface area contributed by atoms with Gasteiger partial charge >= 0.3 is 0 Å². The van der Waals surface area contributed by atoms with E-state index in [4.69, 9.17) is 5.11 Å². The maximum absolute atomic E-state index is 8.61. The summed E-state index contributed by atoms with van der Waals surface area (Å²) < 4.78 is 1.02. The molecule has 0 radical (unpaired) electrons. The first-order chi connectivity index (χ1) is 5.83. The van der Waals surface area contributed by atoms with Crippen LogP contribution in [0.1, 0.15) is 5.56 Å². The van der Waals surface area contributed by atoms with Crippen LogP contribution in [0.2, 0.25) is 0 Å². The van der Waals surface area contributed by atoms with Crippen LogP contribution in [0, 0.1) is 0 Å². The van der Waals surface area contributed by atoms with Crippen molar-refractivity contribution in [3.8, 4) is 0 Å². The lowest BCUT2D eigenvalue weighted by Gasteiger charge is -1.98. The molecule has 1 N–H and O–H groups in total. The summed E-state index contributed by atoms with van der Waals surface area (Å²) in [6.07, 6.45) is 2.61. The number of hydrogen-bond acceptors (Lipinski definition) is 1. The van der Waals surface area contributed by atoms with Crippen LogP contribution >= 0.6 is 15.9 Å². The molecule has 0 bridgehead atoms. The molecular formula is C10H11BrO. The number of aliphatic hydroxyl groups excluding tert-OH is 1. The average molecular weight is 227 g/mol. The summed E-state index contributed by atoms with van der Waals surface area (Å²) in [6.45, 7) is 0.0907. The lowest BCUT2D eigenvalue weighted by molar-refractivity contribution is 0.342. The van der Waals surface area contributed by atoms with Crippen molar-refractivity contribution in [3.05, 3.63) is 46.5 Å². The lowest BCUT2D eigenvalue weighted by atomic mass is 10.1. The molecule has 1 aromatic rings. The Balaban J connectivity index is 2.58. The topological polar surface area (TPSA) is 20.2 Å². The van der Waals surface area contributed by atoms with Gasteiger partial charge in [-0.3, -0.25) is 0 Å². The highest BCUT2D eigenvalue weighted by atomic mass is 79.9. The van der Waals surface area contributed by atoms with E-state index in [-0.39, 0.29) is 6.61 Å². The number of rotatable bonds is 3. The van der Waals surface area contributed by atoms with Gasteiger partial charge in [0.25, 0.3) is 0 Å². The molecule has 0 unspecified atom stereocenters. The maximum atomic E-state index is 8.61. The molecule has 0 fully saturated rings. The molecule has 0 aliphatic carbocycles. The number of hydrogen-bond donors (Lipinski definition) is 1. The van der Waals surface area contributed by atoms with Crippen molar-refractivity contribution >= 4 is 15.9 Å². The largest absolute Gasteiger partial charge is 0.392 e. The number of aliphatic hydroxyl groups is 1. The van der Waals surface area contributed by atoms with Crippen LogP contribution < -0.4 is 0 Å². The van der Waals surface area contributed by atoms with E-state index in [0.717, 1.165) is 10.9 Å². The third-order valence-electron chi connectivity index (χ3n) is 1.53. The predicted molar refractivity (Wildman–Crippen MR) is 54.2 cm³/mol. The van der Waals surface area contributed by atoms with E-state index in [1.165, 1.54) is 5.56 Å². The average Bonchev–Trinajstić information content (AvgIpc) is 2.06. The molecule has 64 valence electrons. The fraction of sp³-hybridized carbons (Fsp3) is 0.200. The summed E-state index contributed by atoms with van der Waals surface area (Å²) >= 11 is 3.38. The number of allylic oxidation sites excluding steroid dienone is 1. The minimum atomic E-state index is 0.0907. The summed E-state index contributed by atoms with van der Waals surface area (Å²) in [5, 5.41) is 8.61. The first kappa shape index (κ1) is 9.49. The summed E-state index contributed by atoms with van der Waals surface area (Å²) in [5.41, 5.74) is 1.24. The zero-order valence-electron chi connectivity index (χ0n) is 6.70. The molecular weight excluding hydrogens is 216 g/mol. The quantitative estimate of drug-likeness (QED) is 0.841. The fourth-order valence-corrected chi connectivity index (χ4v) is 1.43. The van der Waals surface area contributed by atoms with E-state index in [2.05, 4.69) is 28.1 Å². The standard InChI is InChI=1S/C10H11BrO/c11-10(6-7-12)8-9-4-2-1-3-5-9/h1-6,12H,7-8H2. The molecule has 0 aromatic heterocycles. The fourth-order valence-electron chi connectivity index (χ4n) is 0.962. The first-order valence-corrected chi connectivity index (χ1v) is 4.61. The first-order valence-electron chi connectivity index (χ1n) is 3.82. The molecule has 1 rings (SSSR count). The normalized spacial score (nSPS) is 11.7. The molecule has 0 aliphatic rings. The zero-order chi connectivity index (χ0) is 8.81. The Hall–Kier alpha value is -0.600. The van der Waals surface area contributed by atoms with E-state index in [1.54, 1.807) is 6.08 Å². The second-order valence-corrected chi connectivity index (χ2v) is 3.51. The van der Waals surface area contributed by atoms with E-state index in [9.17, 15) is 0 Å². The molecule has 0 aliphatic heterocycles. The van der Waals surface area contributed by atoms with E-state index in [0.29, 0.717) is 0 Å². The minimum Gasteiger partial charge on any atom is -0.392 e. The van der Waals surface area contributed by atoms with Crippen molar-refractivity contribution < 1.29 is 5.11 Å². The summed E-state index contributed by atoms with van der Waals surface area (Å²) in [5.74, 6) is 0. The zero-order valence-corrected chi connectivity index (χ0v) is 8.29. The minimum absolute atomic E-state index is 0.0907. The smallest absolute Gasteiger partial charge is 0.0623 e. The van der Waals surface area contributed by atoms with Crippen molar-refractivity contribution in [1.29, 1.82) is 0 Å². The van der Waals surface area contributed by atoms with E-state index in [1.807, 2.05) is 18.2 Å². The van der Waals surface area contributed by atoms with Crippen molar-refractivity contribution in [1.82, 2.24) is 0 Å². The van der Waals surface area contributed by atoms with Crippen LogP contribution in [0.25, 0.3) is 0 Å². The highest BCUT2D eigenvalue weighted by molar-refractivity contribution is 9.11. The molecule has 1 nitrogen and oxygen atoms in total. The van der Waals surface area contributed by atoms with Gasteiger partial charge in [0.1, 0.15) is 0 Å². The molecule has 0 heterocycles. The Morgan fingerprint density at radius 1 is 1.33 bits per heavy atom.